The Kier molecular flexibility index (Phi) is 26.8. The van der Waals surface area contributed by atoms with Crippen LogP contribution in [-0.2, 0) is 95.0 Å². The van der Waals surface area contributed by atoms with Crippen molar-refractivity contribution in [2.75, 3.05) is 59.9 Å². The van der Waals surface area contributed by atoms with Gasteiger partial charge in [-0.1, -0.05) is 53.2 Å². The quantitative estimate of drug-likeness (QED) is 0.0195. The zero-order valence-corrected chi connectivity index (χ0v) is 68.1. The van der Waals surface area contributed by atoms with E-state index in [9.17, 15) is 127 Å². The molecule has 0 radical (unpaired) electrons. The van der Waals surface area contributed by atoms with Crippen molar-refractivity contribution in [1.29, 1.82) is 0 Å². The molecule has 43 nitrogen and oxygen atoms in total. The predicted molar refractivity (Wildman–Crippen MR) is 391 cm³/mol. The predicted octanol–water partition coefficient (Wildman–Crippen LogP) is -9.66. The maximum Gasteiger partial charge on any atom is 0.335 e. The first-order valence-electron chi connectivity index (χ1n) is 41.5. The molecule has 9 aliphatic heterocycles. The summed E-state index contributed by atoms with van der Waals surface area (Å²) in [6.07, 6.45) is -59.3. The number of nitrogens with zero attached hydrogens (tertiary/aromatic N) is 1. The highest BCUT2D eigenvalue weighted by Crippen LogP contribution is 2.76. The largest absolute Gasteiger partial charge is 0.479 e. The first kappa shape index (κ1) is 93.5. The van der Waals surface area contributed by atoms with Crippen molar-refractivity contribution < 1.29 is 207 Å². The fourth-order valence-corrected chi connectivity index (χ4v) is 22.9. The molecule has 4 saturated carbocycles. The van der Waals surface area contributed by atoms with Gasteiger partial charge in [0.05, 0.1) is 76.0 Å². The smallest absolute Gasteiger partial charge is 0.335 e. The van der Waals surface area contributed by atoms with Gasteiger partial charge in [0.1, 0.15) is 164 Å². The minimum atomic E-state index is -2.78. The fraction of sp³-hybridized carbons (Fsp3) is 0.923. The molecular weight excluding hydrogens is 1620 g/mol. The number of ether oxygens (including phenoxy) is 16. The third kappa shape index (κ3) is 15.4. The van der Waals surface area contributed by atoms with Gasteiger partial charge in [0, 0.05) is 7.05 Å². The van der Waals surface area contributed by atoms with Crippen molar-refractivity contribution in [3.63, 3.8) is 0 Å². The number of aliphatic hydroxyl groups excluding tert-OH is 20. The Hall–Kier alpha value is -3.62. The van der Waals surface area contributed by atoms with Gasteiger partial charge in [-0.25, -0.2) is 4.79 Å². The number of allylic oxidation sites excluding steroid dienone is 2. The molecule has 14 rings (SSSR count). The Balaban J connectivity index is 0.757. The van der Waals surface area contributed by atoms with Gasteiger partial charge in [0.2, 0.25) is 5.91 Å². The number of aldehydes is 1. The number of aliphatic hydroxyl groups is 21. The van der Waals surface area contributed by atoms with Gasteiger partial charge >= 0.3 is 11.9 Å². The number of fused-ring (bicyclic) bond motifs is 8. The third-order valence-corrected chi connectivity index (χ3v) is 30.3. The summed E-state index contributed by atoms with van der Waals surface area (Å²) in [6.45, 7) is 7.05. The van der Waals surface area contributed by atoms with Gasteiger partial charge in [-0.15, -0.1) is 0 Å². The minimum absolute atomic E-state index is 0.0339. The number of carbonyl (C=O) groups excluding carboxylic acids is 3. The second-order valence-corrected chi connectivity index (χ2v) is 37.6. The topological polar surface area (TPSA) is 664 Å². The van der Waals surface area contributed by atoms with E-state index in [2.05, 4.69) is 19.9 Å². The van der Waals surface area contributed by atoms with E-state index in [0.29, 0.717) is 32.1 Å². The number of likely N-dealkylation sites (N-methyl/N-ethyl adjacent to an activating group) is 1. The van der Waals surface area contributed by atoms with Crippen molar-refractivity contribution in [2.24, 2.45) is 50.2 Å². The van der Waals surface area contributed by atoms with Gasteiger partial charge in [-0.05, 0) is 104 Å². The standard InChI is InChI=1S/C78H121NO42/c1-28-54(115-66-53(100)55(32(86)23-107-66)116-69-60(101)76(105,26-84)27-109-69)47(94)48(95)61(110-28)78(62-57(120-78)45(92)41(33(19-80)111-62)79(8)40(88)24-108-64-50(97)44(91)35(21-82)112-64)121-70(104)77-16-15-71(2,3)17-30(77)29-9-10-37-72(4)13-12-39(73(5,25-83)36(72)11-14-74(37,6)75(29,7)18-38(77)87)114-68-59(119-67-51(98)46(93)43(90)34(20-81)113-67)56(52(99)58(118-68)63(102)103)117-65-49(96)42(89)31(85)22-106-65/h9,25,28,30-39,41-62,64-69,80-82,84-87,89-101,105H,10-24,26-27H2,1-8H3,(H,102,103)/t28?,30?,31-,32-,33?,34?,35+,36-,37?,38?,39+,41+,42+,43+,44?,45?,46+,47?,48?,49?,50?,51?,52+,53?,54+,55?,56+,57?,58?,59?,60?,61-,62-,64-,65+,66+,67+,68-,69+,72?,73-,74+,75-,76+,77-,78?/m1/s1. The normalized spacial score (nSPS) is 53.9. The number of rotatable bonds is 23. The molecule has 46 atom stereocenters. The zero-order valence-electron chi connectivity index (χ0n) is 68.1. The summed E-state index contributed by atoms with van der Waals surface area (Å²) in [6, 6.07) is -1.52. The Morgan fingerprint density at radius 3 is 1.82 bits per heavy atom. The van der Waals surface area contributed by atoms with Crippen molar-refractivity contribution in [3.05, 3.63) is 11.6 Å². The average Bonchev–Trinajstić information content (AvgIpc) is 1.00. The summed E-state index contributed by atoms with van der Waals surface area (Å²) < 4.78 is 96.9. The van der Waals surface area contributed by atoms with Crippen LogP contribution in [0.15, 0.2) is 11.6 Å². The van der Waals surface area contributed by atoms with Crippen molar-refractivity contribution in [2.45, 2.75) is 338 Å². The molecule has 43 heteroatoms. The lowest BCUT2D eigenvalue weighted by Gasteiger charge is -2.71. The highest BCUT2D eigenvalue weighted by molar-refractivity contribution is 5.81. The molecular formula is C78H121NO42. The lowest BCUT2D eigenvalue weighted by Crippen LogP contribution is -2.84. The van der Waals surface area contributed by atoms with Crippen molar-refractivity contribution in [3.8, 4) is 0 Å². The van der Waals surface area contributed by atoms with E-state index in [1.807, 2.05) is 20.8 Å². The number of aliphatic carboxylic acids is 1. The highest BCUT2D eigenvalue weighted by Gasteiger charge is 2.78. The molecule has 0 aromatic heterocycles. The third-order valence-electron chi connectivity index (χ3n) is 30.3. The van der Waals surface area contributed by atoms with Crippen LogP contribution in [0, 0.1) is 50.2 Å². The number of carbonyl (C=O) groups is 4. The maximum absolute atomic E-state index is 16.7. The summed E-state index contributed by atoms with van der Waals surface area (Å²) in [5.74, 6) is -8.31. The van der Waals surface area contributed by atoms with Crippen LogP contribution < -0.4 is 0 Å². The molecule has 13 fully saturated rings. The van der Waals surface area contributed by atoms with Gasteiger partial charge in [-0.3, -0.25) is 9.59 Å². The van der Waals surface area contributed by atoms with E-state index in [1.54, 1.807) is 6.92 Å². The van der Waals surface area contributed by atoms with Crippen LogP contribution in [0.4, 0.5) is 0 Å². The van der Waals surface area contributed by atoms with Gasteiger partial charge in [0.15, 0.2) is 56.1 Å². The van der Waals surface area contributed by atoms with Crippen molar-refractivity contribution >= 4 is 24.1 Å². The molecule has 0 aromatic carbocycles. The van der Waals surface area contributed by atoms with E-state index in [0.717, 1.165) is 16.8 Å². The molecule has 9 heterocycles. The highest BCUT2D eigenvalue weighted by atomic mass is 16.8. The second kappa shape index (κ2) is 34.7. The molecule has 0 spiro atoms. The van der Waals surface area contributed by atoms with Crippen LogP contribution >= 0.6 is 0 Å². The minimum Gasteiger partial charge on any atom is -0.479 e. The molecule has 690 valence electrons. The summed E-state index contributed by atoms with van der Waals surface area (Å²) in [5, 5.41) is 245. The van der Waals surface area contributed by atoms with Crippen molar-refractivity contribution in [1.82, 2.24) is 4.90 Å². The van der Waals surface area contributed by atoms with E-state index in [4.69, 9.17) is 75.8 Å². The van der Waals surface area contributed by atoms with E-state index >= 15 is 4.79 Å². The molecule has 0 aromatic rings. The Morgan fingerprint density at radius 1 is 0.562 bits per heavy atom. The van der Waals surface area contributed by atoms with Gasteiger partial charge < -0.3 is 198 Å². The average molecular weight is 1740 g/mol. The summed E-state index contributed by atoms with van der Waals surface area (Å²) >= 11 is 0. The first-order valence-corrected chi connectivity index (χ1v) is 41.5. The number of hydrogen-bond acceptors (Lipinski definition) is 41. The molecule has 0 bridgehead atoms. The van der Waals surface area contributed by atoms with Crippen LogP contribution in [0.5, 0.6) is 0 Å². The SMILES string of the molecule is CC1O[C@@H](C2(OC(=O)[C@]34CCC(C)(C)CC3C3=CCC5C6(C)CC[C@H](O[C@@H]7OC(C(=O)O)[C@@H](O)[C@H](O[C@@H]8OC[C@@H](O)[C@H](O)C8O)C7O[C@@H]7OC(CO)[C@H](O)[C@H](O)C7O)[C@](C)(C=O)[C@@H]6CC[C@]5(C)[C@]3(C)CC4O)OC3C(O)[C@@H](N(C)C(=O)CO[C@@H]4O[C@@H](CO)C(O)C4O)C(CO)O[C@H]32)C(O)C(O)[C@H]1O[C@@H]1OC[C@@H](O)C(O[C@@H]2OC[C@@](O)(CO)C2O)C1O. The number of hydrogen-bond donors (Lipinski definition) is 22. The number of carboxylic acids is 1. The van der Waals surface area contributed by atoms with E-state index < -0.39 is 347 Å². The number of esters is 1. The summed E-state index contributed by atoms with van der Waals surface area (Å²) in [4.78, 5) is 59.2. The monoisotopic (exact) mass is 1740 g/mol. The van der Waals surface area contributed by atoms with Crippen LogP contribution in [0.25, 0.3) is 0 Å². The second-order valence-electron chi connectivity index (χ2n) is 37.6. The molecule has 22 N–H and O–H groups in total. The maximum atomic E-state index is 16.7. The van der Waals surface area contributed by atoms with Gasteiger partial charge in [0.25, 0.3) is 5.79 Å². The van der Waals surface area contributed by atoms with E-state index in [1.165, 1.54) is 14.0 Å². The molecule has 1 amide bonds. The Labute approximate surface area is 694 Å². The van der Waals surface area contributed by atoms with Crippen LogP contribution in [-0.4, -0.2) is 433 Å². The molecule has 121 heavy (non-hydrogen) atoms. The van der Waals surface area contributed by atoms with Crippen LogP contribution in [0.1, 0.15) is 106 Å². The summed E-state index contributed by atoms with van der Waals surface area (Å²) in [7, 11) is 1.22. The molecule has 14 aliphatic rings. The summed E-state index contributed by atoms with van der Waals surface area (Å²) in [5.41, 5.74) is -7.91. The Bertz CT molecular complexity index is 3700. The van der Waals surface area contributed by atoms with Crippen LogP contribution in [0.3, 0.4) is 0 Å². The molecule has 5 aliphatic carbocycles. The number of carboxylic acid groups (broad SMARTS) is 1. The van der Waals surface area contributed by atoms with E-state index in [-0.39, 0.29) is 31.6 Å². The first-order chi connectivity index (χ1) is 56.9. The Morgan fingerprint density at radius 2 is 1.17 bits per heavy atom. The fourth-order valence-electron chi connectivity index (χ4n) is 22.9. The molecule has 21 unspecified atom stereocenters. The lowest BCUT2D eigenvalue weighted by molar-refractivity contribution is -0.474. The van der Waals surface area contributed by atoms with Gasteiger partial charge in [-0.2, -0.15) is 0 Å². The molecule has 9 saturated heterocycles. The zero-order chi connectivity index (χ0) is 88.2. The van der Waals surface area contributed by atoms with Crippen LogP contribution in [0.2, 0.25) is 0 Å². The number of amides is 1. The lowest BCUT2D eigenvalue weighted by atomic mass is 9.33.